The van der Waals surface area contributed by atoms with Gasteiger partial charge >= 0.3 is 5.97 Å². The minimum atomic E-state index is -0.367. The molecule has 3 aromatic rings. The van der Waals surface area contributed by atoms with Crippen LogP contribution < -0.4 is 9.47 Å². The van der Waals surface area contributed by atoms with Crippen LogP contribution in [0.3, 0.4) is 0 Å². The summed E-state index contributed by atoms with van der Waals surface area (Å²) >= 11 is 0. The van der Waals surface area contributed by atoms with Gasteiger partial charge in [0.25, 0.3) is 0 Å². The van der Waals surface area contributed by atoms with Gasteiger partial charge in [-0.15, -0.1) is 0 Å². The molecule has 2 heterocycles. The van der Waals surface area contributed by atoms with Crippen molar-refractivity contribution in [3.8, 4) is 22.9 Å². The number of nitrogens with zero attached hydrogens (tertiary/aromatic N) is 3. The van der Waals surface area contributed by atoms with E-state index in [1.54, 1.807) is 42.7 Å². The minimum absolute atomic E-state index is 0.142. The number of benzene rings is 1. The highest BCUT2D eigenvalue weighted by atomic mass is 16.5. The molecule has 0 radical (unpaired) electrons. The van der Waals surface area contributed by atoms with Crippen LogP contribution in [0.2, 0.25) is 0 Å². The molecule has 0 aliphatic rings. The maximum absolute atomic E-state index is 12.0. The fourth-order valence-corrected chi connectivity index (χ4v) is 2.18. The molecule has 0 aliphatic carbocycles. The highest BCUT2D eigenvalue weighted by Gasteiger charge is 2.12. The molecule has 0 unspecified atom stereocenters. The fourth-order valence-electron chi connectivity index (χ4n) is 2.18. The van der Waals surface area contributed by atoms with E-state index >= 15 is 0 Å². The Labute approximate surface area is 151 Å². The predicted octanol–water partition coefficient (Wildman–Crippen LogP) is 3.46. The average molecular weight is 353 g/mol. The van der Waals surface area contributed by atoms with Crippen LogP contribution in [0, 0.1) is 0 Å². The van der Waals surface area contributed by atoms with Gasteiger partial charge in [0.05, 0.1) is 13.0 Å². The summed E-state index contributed by atoms with van der Waals surface area (Å²) in [5.74, 6) is 1.68. The van der Waals surface area contributed by atoms with Gasteiger partial charge in [-0.3, -0.25) is 9.78 Å². The van der Waals surface area contributed by atoms with E-state index < -0.39 is 0 Å². The molecule has 0 spiro atoms. The molecule has 0 aliphatic heterocycles. The molecule has 0 saturated carbocycles. The molecule has 0 amide bonds. The monoisotopic (exact) mass is 353 g/mol. The third-order valence-electron chi connectivity index (χ3n) is 3.46. The number of aryl methyl sites for hydroxylation is 1. The number of hydrogen-bond donors (Lipinski definition) is 0. The second-order valence-electron chi connectivity index (χ2n) is 5.55. The zero-order chi connectivity index (χ0) is 18.2. The number of aromatic nitrogens is 3. The van der Waals surface area contributed by atoms with Gasteiger partial charge in [-0.25, -0.2) is 0 Å². The van der Waals surface area contributed by atoms with Crippen molar-refractivity contribution in [2.24, 2.45) is 0 Å². The van der Waals surface area contributed by atoms with E-state index in [1.165, 1.54) is 0 Å². The Bertz CT molecular complexity index is 832. The number of rotatable bonds is 8. The minimum Gasteiger partial charge on any atom is -0.494 e. The smallest absolute Gasteiger partial charge is 0.311 e. The summed E-state index contributed by atoms with van der Waals surface area (Å²) in [4.78, 5) is 20.2. The second kappa shape index (κ2) is 8.75. The van der Waals surface area contributed by atoms with Gasteiger partial charge in [0.1, 0.15) is 11.5 Å². The zero-order valence-corrected chi connectivity index (χ0v) is 14.4. The molecular weight excluding hydrogens is 334 g/mol. The van der Waals surface area contributed by atoms with Crippen molar-refractivity contribution < 1.29 is 18.8 Å². The largest absolute Gasteiger partial charge is 0.494 e. The van der Waals surface area contributed by atoms with Crippen molar-refractivity contribution in [3.05, 3.63) is 54.7 Å². The molecule has 2 aromatic heterocycles. The normalized spacial score (nSPS) is 10.5. The molecule has 26 heavy (non-hydrogen) atoms. The lowest BCUT2D eigenvalue weighted by atomic mass is 10.2. The third-order valence-corrected chi connectivity index (χ3v) is 3.46. The maximum atomic E-state index is 12.0. The first kappa shape index (κ1) is 17.6. The number of carbonyl (C=O) groups excluding carboxylic acids is 1. The first-order valence-electron chi connectivity index (χ1n) is 8.41. The Morgan fingerprint density at radius 3 is 2.69 bits per heavy atom. The van der Waals surface area contributed by atoms with E-state index in [1.807, 2.05) is 13.0 Å². The Morgan fingerprint density at radius 2 is 1.96 bits per heavy atom. The average Bonchev–Trinajstić information content (AvgIpc) is 3.16. The van der Waals surface area contributed by atoms with Crippen molar-refractivity contribution >= 4 is 5.97 Å². The van der Waals surface area contributed by atoms with Crippen LogP contribution >= 0.6 is 0 Å². The van der Waals surface area contributed by atoms with Crippen molar-refractivity contribution in [1.29, 1.82) is 0 Å². The maximum Gasteiger partial charge on any atom is 0.311 e. The number of pyridine rings is 1. The predicted molar refractivity (Wildman–Crippen MR) is 93.7 cm³/mol. The SMILES string of the molecule is CCCOc1ccc(OC(=O)CCc2nc(-c3cccnc3)no2)cc1. The van der Waals surface area contributed by atoms with Gasteiger partial charge in [-0.05, 0) is 42.8 Å². The van der Waals surface area contributed by atoms with Gasteiger partial charge in [0, 0.05) is 24.4 Å². The zero-order valence-electron chi connectivity index (χ0n) is 14.4. The van der Waals surface area contributed by atoms with Crippen LogP contribution in [0.4, 0.5) is 0 Å². The van der Waals surface area contributed by atoms with E-state index in [-0.39, 0.29) is 12.4 Å². The first-order chi connectivity index (χ1) is 12.7. The second-order valence-corrected chi connectivity index (χ2v) is 5.55. The van der Waals surface area contributed by atoms with Crippen molar-refractivity contribution in [2.75, 3.05) is 6.61 Å². The van der Waals surface area contributed by atoms with Crippen LogP contribution in [-0.4, -0.2) is 27.7 Å². The lowest BCUT2D eigenvalue weighted by Crippen LogP contribution is -2.09. The molecule has 0 atom stereocenters. The fraction of sp³-hybridized carbons (Fsp3) is 0.263. The molecular formula is C19H19N3O4. The highest BCUT2D eigenvalue weighted by molar-refractivity contribution is 5.72. The van der Waals surface area contributed by atoms with Gasteiger partial charge < -0.3 is 14.0 Å². The Balaban J connectivity index is 1.49. The molecule has 0 N–H and O–H groups in total. The summed E-state index contributed by atoms with van der Waals surface area (Å²) in [6, 6.07) is 10.6. The Hall–Kier alpha value is -3.22. The number of ether oxygens (including phenoxy) is 2. The van der Waals surface area contributed by atoms with E-state index in [4.69, 9.17) is 14.0 Å². The summed E-state index contributed by atoms with van der Waals surface area (Å²) in [6.45, 7) is 2.70. The van der Waals surface area contributed by atoms with E-state index in [0.29, 0.717) is 30.5 Å². The van der Waals surface area contributed by atoms with Crippen LogP contribution in [0.25, 0.3) is 11.4 Å². The summed E-state index contributed by atoms with van der Waals surface area (Å²) in [6.07, 6.45) is 4.71. The van der Waals surface area contributed by atoms with Gasteiger partial charge in [-0.1, -0.05) is 12.1 Å². The summed E-state index contributed by atoms with van der Waals surface area (Å²) in [5, 5.41) is 3.89. The van der Waals surface area contributed by atoms with Crippen LogP contribution in [0.15, 0.2) is 53.3 Å². The van der Waals surface area contributed by atoms with Gasteiger partial charge in [0.15, 0.2) is 0 Å². The molecule has 134 valence electrons. The third kappa shape index (κ3) is 4.89. The number of carbonyl (C=O) groups is 1. The summed E-state index contributed by atoms with van der Waals surface area (Å²) < 4.78 is 15.9. The van der Waals surface area contributed by atoms with Gasteiger partial charge in [0.2, 0.25) is 11.7 Å². The van der Waals surface area contributed by atoms with E-state index in [0.717, 1.165) is 17.7 Å². The topological polar surface area (TPSA) is 87.3 Å². The van der Waals surface area contributed by atoms with Crippen LogP contribution in [-0.2, 0) is 11.2 Å². The van der Waals surface area contributed by atoms with E-state index in [2.05, 4.69) is 15.1 Å². The lowest BCUT2D eigenvalue weighted by molar-refractivity contribution is -0.134. The number of esters is 1. The Morgan fingerprint density at radius 1 is 1.15 bits per heavy atom. The van der Waals surface area contributed by atoms with E-state index in [9.17, 15) is 4.79 Å². The molecule has 7 heteroatoms. The molecule has 3 rings (SSSR count). The highest BCUT2D eigenvalue weighted by Crippen LogP contribution is 2.19. The Kier molecular flexibility index (Phi) is 5.92. The van der Waals surface area contributed by atoms with Crippen molar-refractivity contribution in [3.63, 3.8) is 0 Å². The van der Waals surface area contributed by atoms with Crippen molar-refractivity contribution in [1.82, 2.24) is 15.1 Å². The summed E-state index contributed by atoms with van der Waals surface area (Å²) in [5.41, 5.74) is 0.760. The molecule has 0 fully saturated rings. The van der Waals surface area contributed by atoms with Gasteiger partial charge in [-0.2, -0.15) is 4.98 Å². The number of hydrogen-bond acceptors (Lipinski definition) is 7. The molecule has 0 bridgehead atoms. The lowest BCUT2D eigenvalue weighted by Gasteiger charge is -2.06. The molecule has 1 aromatic carbocycles. The standard InChI is InChI=1S/C19H19N3O4/c1-2-12-24-15-5-7-16(8-6-15)25-18(23)10-9-17-21-19(22-26-17)14-4-3-11-20-13-14/h3-8,11,13H,2,9-10,12H2,1H3. The quantitative estimate of drug-likeness (QED) is 0.453. The molecule has 7 nitrogen and oxygen atoms in total. The van der Waals surface area contributed by atoms with Crippen molar-refractivity contribution in [2.45, 2.75) is 26.2 Å². The first-order valence-corrected chi connectivity index (χ1v) is 8.41. The van der Waals surface area contributed by atoms with Crippen LogP contribution in [0.5, 0.6) is 11.5 Å². The molecule has 0 saturated heterocycles. The van der Waals surface area contributed by atoms with Crippen LogP contribution in [0.1, 0.15) is 25.7 Å². The summed E-state index contributed by atoms with van der Waals surface area (Å²) in [7, 11) is 0.